The second kappa shape index (κ2) is 20.8. The molecule has 6 rings (SSSR count). The van der Waals surface area contributed by atoms with Gasteiger partial charge in [0, 0.05) is 24.9 Å². The molecule has 1 fully saturated rings. The smallest absolute Gasteiger partial charge is 0.338 e. The molecule has 5 atom stereocenters. The number of unbranched alkanes of at least 4 members (excludes halogenated alkanes) is 5. The number of hydrogen-bond acceptors (Lipinski definition) is 12. The van der Waals surface area contributed by atoms with Crippen molar-refractivity contribution in [2.24, 2.45) is 0 Å². The van der Waals surface area contributed by atoms with Gasteiger partial charge in [-0.15, -0.1) is 0 Å². The number of benzene rings is 4. The quantitative estimate of drug-likeness (QED) is 0.0292. The van der Waals surface area contributed by atoms with Gasteiger partial charge in [-0.25, -0.2) is 19.2 Å². The van der Waals surface area contributed by atoms with Crippen LogP contribution >= 0.6 is 0 Å². The van der Waals surface area contributed by atoms with Gasteiger partial charge in [-0.3, -0.25) is 24.5 Å². The van der Waals surface area contributed by atoms with E-state index in [1.807, 2.05) is 0 Å². The molecule has 0 amide bonds. The Labute approximate surface area is 345 Å². The molecule has 15 nitrogen and oxygen atoms in total. The summed E-state index contributed by atoms with van der Waals surface area (Å²) >= 11 is 0. The van der Waals surface area contributed by atoms with Gasteiger partial charge in [0.15, 0.2) is 18.4 Å². The van der Waals surface area contributed by atoms with Crippen molar-refractivity contribution in [1.82, 2.24) is 9.55 Å². The highest BCUT2D eigenvalue weighted by atomic mass is 16.7. The molecule has 1 aliphatic heterocycles. The molecule has 1 aromatic heterocycles. The van der Waals surface area contributed by atoms with Gasteiger partial charge in [0.2, 0.25) is 0 Å². The Morgan fingerprint density at radius 1 is 0.733 bits per heavy atom. The number of H-pyrrole nitrogens is 1. The lowest BCUT2D eigenvalue weighted by atomic mass is 10.0. The van der Waals surface area contributed by atoms with Gasteiger partial charge in [0.1, 0.15) is 18.8 Å². The minimum atomic E-state index is -1.56. The van der Waals surface area contributed by atoms with Crippen LogP contribution in [-0.4, -0.2) is 63.9 Å². The van der Waals surface area contributed by atoms with E-state index in [1.54, 1.807) is 66.7 Å². The number of hydrogen-bond donors (Lipinski definition) is 1. The summed E-state index contributed by atoms with van der Waals surface area (Å²) in [5, 5.41) is 11.5. The summed E-state index contributed by atoms with van der Waals surface area (Å²) in [6, 6.07) is 29.6. The molecule has 1 aliphatic rings. The number of nitrogens with one attached hydrogen (secondary N) is 1. The van der Waals surface area contributed by atoms with Crippen LogP contribution in [-0.2, 0) is 23.7 Å². The van der Waals surface area contributed by atoms with Gasteiger partial charge in [0.25, 0.3) is 11.2 Å². The number of nitro groups is 1. The van der Waals surface area contributed by atoms with Crippen molar-refractivity contribution in [3.8, 4) is 0 Å². The first kappa shape index (κ1) is 42.9. The van der Waals surface area contributed by atoms with E-state index in [-0.39, 0.29) is 34.5 Å². The Morgan fingerprint density at radius 2 is 1.27 bits per heavy atom. The van der Waals surface area contributed by atoms with E-state index in [4.69, 9.17) is 23.7 Å². The minimum Gasteiger partial charge on any atom is -0.459 e. The lowest BCUT2D eigenvalue weighted by Gasteiger charge is -2.26. The van der Waals surface area contributed by atoms with Crippen LogP contribution in [0.2, 0.25) is 0 Å². The molecule has 5 aromatic rings. The number of ether oxygens (including phenoxy) is 5. The topological polar surface area (TPSA) is 195 Å². The maximum Gasteiger partial charge on any atom is 0.338 e. The van der Waals surface area contributed by atoms with Gasteiger partial charge < -0.3 is 23.7 Å². The minimum absolute atomic E-state index is 0.0667. The zero-order valence-electron chi connectivity index (χ0n) is 32.9. The first-order chi connectivity index (χ1) is 29.1. The normalized spacial score (nSPS) is 17.7. The summed E-state index contributed by atoms with van der Waals surface area (Å²) < 4.78 is 31.3. The monoisotopic (exact) mass is 819 g/mol. The van der Waals surface area contributed by atoms with Crippen molar-refractivity contribution in [1.29, 1.82) is 0 Å². The van der Waals surface area contributed by atoms with Gasteiger partial charge in [-0.05, 0) is 60.5 Å². The van der Waals surface area contributed by atoms with Crippen LogP contribution in [0.15, 0.2) is 131 Å². The highest BCUT2D eigenvalue weighted by Crippen LogP contribution is 2.36. The number of aromatic amines is 1. The van der Waals surface area contributed by atoms with Crippen molar-refractivity contribution in [3.05, 3.63) is 180 Å². The molecule has 1 saturated heterocycles. The molecule has 4 aromatic carbocycles. The number of rotatable bonds is 19. The van der Waals surface area contributed by atoms with Crippen molar-refractivity contribution in [2.45, 2.75) is 76.1 Å². The molecular weight excluding hydrogens is 775 g/mol. The maximum absolute atomic E-state index is 13.8. The molecule has 2 heterocycles. The summed E-state index contributed by atoms with van der Waals surface area (Å²) in [4.78, 5) is 81.2. The number of carbonyl (C=O) groups excluding carboxylic acids is 3. The van der Waals surface area contributed by atoms with Crippen LogP contribution in [0.4, 0.5) is 5.69 Å². The van der Waals surface area contributed by atoms with E-state index in [2.05, 4.69) is 11.9 Å². The third-order valence-corrected chi connectivity index (χ3v) is 9.92. The number of non-ortho nitro benzene ring substituents is 1. The van der Waals surface area contributed by atoms with Gasteiger partial charge >= 0.3 is 23.6 Å². The average Bonchev–Trinajstić information content (AvgIpc) is 3.60. The summed E-state index contributed by atoms with van der Waals surface area (Å²) in [5.74, 6) is -2.38. The SMILES string of the molecule is CCCCCCCCO[C@@H](c1ccc([N+](=O)[O-])cc1)c1cn([C@@H]2O[C@H](COC(=O)c3ccccc3)[C@@H](OC(=O)c3ccccc3)[C@H]2OC(=O)c2ccccc2)c(=O)[nH]c1=O. The van der Waals surface area contributed by atoms with E-state index in [0.29, 0.717) is 12.0 Å². The van der Waals surface area contributed by atoms with Crippen molar-refractivity contribution < 1.29 is 43.0 Å². The van der Waals surface area contributed by atoms with Crippen LogP contribution in [0.1, 0.15) is 100.0 Å². The average molecular weight is 820 g/mol. The number of nitro benzene ring substituents is 1. The van der Waals surface area contributed by atoms with Crippen LogP contribution in [0.25, 0.3) is 0 Å². The number of aromatic nitrogens is 2. The van der Waals surface area contributed by atoms with Crippen LogP contribution in [0, 0.1) is 10.1 Å². The standard InChI is InChI=1S/C45H45N3O12/c1-2-3-4-5-6-16-27-56-37(30-23-25-34(26-24-30)48(54)55)35-28-47(45(53)46-40(35)49)41-39(60-44(52)33-21-14-9-15-22-33)38(59-43(51)32-19-12-8-13-20-32)36(58-41)29-57-42(50)31-17-10-7-11-18-31/h7-15,17-26,28,36-39,41H,2-6,16,27,29H2,1H3,(H,46,49,53)/t36-,37+,38-,39-,41-/m1/s1. The Morgan fingerprint density at radius 3 is 1.83 bits per heavy atom. The molecule has 60 heavy (non-hydrogen) atoms. The Balaban J connectivity index is 1.40. The lowest BCUT2D eigenvalue weighted by molar-refractivity contribution is -0.384. The van der Waals surface area contributed by atoms with Gasteiger partial charge in [-0.1, -0.05) is 93.6 Å². The molecule has 0 bridgehead atoms. The third-order valence-electron chi connectivity index (χ3n) is 9.92. The third kappa shape index (κ3) is 10.9. The summed E-state index contributed by atoms with van der Waals surface area (Å²) in [7, 11) is 0. The predicted octanol–water partition coefficient (Wildman–Crippen LogP) is 7.12. The largest absolute Gasteiger partial charge is 0.459 e. The number of esters is 3. The summed E-state index contributed by atoms with van der Waals surface area (Å²) in [6.07, 6.45) is -0.0106. The number of carbonyl (C=O) groups is 3. The zero-order chi connectivity index (χ0) is 42.4. The fraction of sp³-hybridized carbons (Fsp3) is 0.311. The molecule has 0 saturated carbocycles. The van der Waals surface area contributed by atoms with E-state index in [1.165, 1.54) is 54.7 Å². The number of nitrogens with zero attached hydrogens (tertiary/aromatic N) is 2. The zero-order valence-corrected chi connectivity index (χ0v) is 32.9. The summed E-state index contributed by atoms with van der Waals surface area (Å²) in [6.45, 7) is 1.84. The van der Waals surface area contributed by atoms with Crippen LogP contribution in [0.3, 0.4) is 0 Å². The molecule has 0 radical (unpaired) electrons. The van der Waals surface area contributed by atoms with Gasteiger partial charge in [-0.2, -0.15) is 0 Å². The van der Waals surface area contributed by atoms with E-state index in [0.717, 1.165) is 36.7 Å². The second-order valence-corrected chi connectivity index (χ2v) is 14.1. The van der Waals surface area contributed by atoms with Gasteiger partial charge in [0.05, 0.1) is 27.2 Å². The second-order valence-electron chi connectivity index (χ2n) is 14.1. The molecule has 1 N–H and O–H groups in total. The fourth-order valence-electron chi connectivity index (χ4n) is 6.78. The van der Waals surface area contributed by atoms with Crippen molar-refractivity contribution >= 4 is 23.6 Å². The van der Waals surface area contributed by atoms with E-state index < -0.39 is 71.3 Å². The maximum atomic E-state index is 13.8. The fourth-order valence-corrected chi connectivity index (χ4v) is 6.78. The highest BCUT2D eigenvalue weighted by molar-refractivity contribution is 5.91. The predicted molar refractivity (Wildman–Crippen MR) is 218 cm³/mol. The first-order valence-electron chi connectivity index (χ1n) is 19.8. The lowest BCUT2D eigenvalue weighted by Crippen LogP contribution is -2.43. The van der Waals surface area contributed by atoms with E-state index >= 15 is 0 Å². The van der Waals surface area contributed by atoms with Crippen molar-refractivity contribution in [3.63, 3.8) is 0 Å². The summed E-state index contributed by atoms with van der Waals surface area (Å²) in [5.41, 5.74) is -1.10. The molecular formula is C45H45N3O12. The molecule has 0 spiro atoms. The van der Waals surface area contributed by atoms with E-state index in [9.17, 15) is 34.1 Å². The molecule has 0 aliphatic carbocycles. The Kier molecular flexibility index (Phi) is 14.9. The van der Waals surface area contributed by atoms with Crippen molar-refractivity contribution in [2.75, 3.05) is 13.2 Å². The molecule has 15 heteroatoms. The Hall–Kier alpha value is -6.71. The Bertz CT molecular complexity index is 2330. The first-order valence-corrected chi connectivity index (χ1v) is 19.8. The van der Waals surface area contributed by atoms with Crippen LogP contribution in [0.5, 0.6) is 0 Å². The molecule has 0 unspecified atom stereocenters. The van der Waals surface area contributed by atoms with Crippen LogP contribution < -0.4 is 11.2 Å². The highest BCUT2D eigenvalue weighted by Gasteiger charge is 2.52. The molecule has 312 valence electrons.